The van der Waals surface area contributed by atoms with Crippen LogP contribution in [0.15, 0.2) is 12.2 Å². The Morgan fingerprint density at radius 3 is 2.77 bits per heavy atom. The summed E-state index contributed by atoms with van der Waals surface area (Å²) in [5.74, 6) is 0. The average molecular weight is 180 g/mol. The van der Waals surface area contributed by atoms with E-state index >= 15 is 0 Å². The van der Waals surface area contributed by atoms with Gasteiger partial charge >= 0.3 is 0 Å². The molecule has 1 saturated heterocycles. The van der Waals surface area contributed by atoms with Crippen molar-refractivity contribution in [2.75, 3.05) is 20.1 Å². The number of likely N-dealkylation sites (tertiary alicyclic amines) is 1. The number of allylic oxidation sites excluding steroid dienone is 1. The number of hydrogen-bond donors (Lipinski definition) is 1. The van der Waals surface area contributed by atoms with Gasteiger partial charge in [0.1, 0.15) is 0 Å². The average Bonchev–Trinajstić information content (AvgIpc) is 2.70. The topological polar surface area (TPSA) is 15.3 Å². The molecular weight excluding hydrogens is 160 g/mol. The highest BCUT2D eigenvalue weighted by Gasteiger charge is 2.27. The van der Waals surface area contributed by atoms with Gasteiger partial charge in [-0.25, -0.2) is 0 Å². The Morgan fingerprint density at radius 1 is 1.31 bits per heavy atom. The number of rotatable bonds is 2. The van der Waals surface area contributed by atoms with Crippen molar-refractivity contribution in [3.8, 4) is 0 Å². The first-order valence-electron chi connectivity index (χ1n) is 5.50. The normalized spacial score (nSPS) is 35.5. The highest BCUT2D eigenvalue weighted by atomic mass is 15.2. The molecule has 2 atom stereocenters. The second kappa shape index (κ2) is 4.25. The van der Waals surface area contributed by atoms with Gasteiger partial charge in [-0.3, -0.25) is 4.90 Å². The SMILES string of the molecule is CN[C@@H]1C=CCC[C@H]1N1CCCC1. The molecule has 0 aromatic carbocycles. The van der Waals surface area contributed by atoms with Crippen LogP contribution in [0.2, 0.25) is 0 Å². The standard InChI is InChI=1S/C11H20N2/c1-12-10-6-2-3-7-11(10)13-8-4-5-9-13/h2,6,10-12H,3-5,7-9H2,1H3/t10-,11-/m1/s1. The van der Waals surface area contributed by atoms with Crippen LogP contribution in [0.3, 0.4) is 0 Å². The smallest absolute Gasteiger partial charge is 0.0405 e. The number of nitrogens with one attached hydrogen (secondary N) is 1. The van der Waals surface area contributed by atoms with Gasteiger partial charge in [-0.05, 0) is 45.8 Å². The van der Waals surface area contributed by atoms with Crippen LogP contribution in [-0.4, -0.2) is 37.1 Å². The van der Waals surface area contributed by atoms with E-state index in [1.54, 1.807) is 0 Å². The third-order valence-electron chi connectivity index (χ3n) is 3.33. The van der Waals surface area contributed by atoms with Crippen LogP contribution in [0.5, 0.6) is 0 Å². The molecule has 0 spiro atoms. The summed E-state index contributed by atoms with van der Waals surface area (Å²) >= 11 is 0. The molecule has 1 aliphatic carbocycles. The molecule has 0 saturated carbocycles. The zero-order chi connectivity index (χ0) is 9.10. The molecule has 0 radical (unpaired) electrons. The molecule has 0 bridgehead atoms. The van der Waals surface area contributed by atoms with E-state index in [1.807, 2.05) is 0 Å². The summed E-state index contributed by atoms with van der Waals surface area (Å²) in [5.41, 5.74) is 0. The van der Waals surface area contributed by atoms with Crippen molar-refractivity contribution in [2.45, 2.75) is 37.8 Å². The highest BCUT2D eigenvalue weighted by molar-refractivity contribution is 5.05. The van der Waals surface area contributed by atoms with Crippen LogP contribution in [-0.2, 0) is 0 Å². The Kier molecular flexibility index (Phi) is 3.01. The molecule has 2 rings (SSSR count). The lowest BCUT2D eigenvalue weighted by Gasteiger charge is -2.34. The van der Waals surface area contributed by atoms with E-state index in [0.29, 0.717) is 6.04 Å². The van der Waals surface area contributed by atoms with E-state index in [-0.39, 0.29) is 0 Å². The molecule has 0 aromatic rings. The van der Waals surface area contributed by atoms with E-state index in [1.165, 1.54) is 38.8 Å². The van der Waals surface area contributed by atoms with Gasteiger partial charge in [0.05, 0.1) is 0 Å². The number of nitrogens with zero attached hydrogens (tertiary/aromatic N) is 1. The van der Waals surface area contributed by atoms with Crippen LogP contribution < -0.4 is 5.32 Å². The molecule has 1 fully saturated rings. The summed E-state index contributed by atoms with van der Waals surface area (Å²) < 4.78 is 0. The van der Waals surface area contributed by atoms with Crippen LogP contribution in [0.1, 0.15) is 25.7 Å². The molecular formula is C11H20N2. The number of hydrogen-bond acceptors (Lipinski definition) is 2. The molecule has 1 heterocycles. The number of likely N-dealkylation sites (N-methyl/N-ethyl adjacent to an activating group) is 1. The van der Waals surface area contributed by atoms with Gasteiger partial charge < -0.3 is 5.32 Å². The van der Waals surface area contributed by atoms with Gasteiger partial charge in [0.15, 0.2) is 0 Å². The lowest BCUT2D eigenvalue weighted by atomic mass is 9.95. The fourth-order valence-corrected chi connectivity index (χ4v) is 2.59. The third-order valence-corrected chi connectivity index (χ3v) is 3.33. The zero-order valence-corrected chi connectivity index (χ0v) is 8.50. The minimum Gasteiger partial charge on any atom is -0.312 e. The minimum absolute atomic E-state index is 0.590. The van der Waals surface area contributed by atoms with Crippen molar-refractivity contribution in [3.05, 3.63) is 12.2 Å². The quantitative estimate of drug-likeness (QED) is 0.646. The van der Waals surface area contributed by atoms with Gasteiger partial charge in [0.25, 0.3) is 0 Å². The second-order valence-corrected chi connectivity index (χ2v) is 4.13. The first kappa shape index (κ1) is 9.22. The Hall–Kier alpha value is -0.340. The van der Waals surface area contributed by atoms with Crippen molar-refractivity contribution in [2.24, 2.45) is 0 Å². The van der Waals surface area contributed by atoms with Crippen molar-refractivity contribution in [1.29, 1.82) is 0 Å². The van der Waals surface area contributed by atoms with E-state index in [0.717, 1.165) is 6.04 Å². The first-order valence-corrected chi connectivity index (χ1v) is 5.50. The molecule has 13 heavy (non-hydrogen) atoms. The lowest BCUT2D eigenvalue weighted by molar-refractivity contribution is 0.198. The Balaban J connectivity index is 1.99. The highest BCUT2D eigenvalue weighted by Crippen LogP contribution is 2.21. The van der Waals surface area contributed by atoms with Gasteiger partial charge in [-0.2, -0.15) is 0 Å². The molecule has 0 unspecified atom stereocenters. The molecule has 1 aliphatic heterocycles. The summed E-state index contributed by atoms with van der Waals surface area (Å²) in [6.45, 7) is 2.63. The summed E-state index contributed by atoms with van der Waals surface area (Å²) in [5, 5.41) is 3.40. The molecule has 2 nitrogen and oxygen atoms in total. The lowest BCUT2D eigenvalue weighted by Crippen LogP contribution is -2.48. The summed E-state index contributed by atoms with van der Waals surface area (Å²) in [7, 11) is 2.07. The second-order valence-electron chi connectivity index (χ2n) is 4.13. The monoisotopic (exact) mass is 180 g/mol. The van der Waals surface area contributed by atoms with Gasteiger partial charge in [-0.15, -0.1) is 0 Å². The van der Waals surface area contributed by atoms with Crippen LogP contribution in [0, 0.1) is 0 Å². The minimum atomic E-state index is 0.590. The largest absolute Gasteiger partial charge is 0.312 e. The predicted octanol–water partition coefficient (Wildman–Crippen LogP) is 1.39. The summed E-state index contributed by atoms with van der Waals surface area (Å²) in [4.78, 5) is 2.66. The van der Waals surface area contributed by atoms with Crippen molar-refractivity contribution in [3.63, 3.8) is 0 Å². The fourth-order valence-electron chi connectivity index (χ4n) is 2.59. The molecule has 0 aromatic heterocycles. The molecule has 1 N–H and O–H groups in total. The van der Waals surface area contributed by atoms with Crippen molar-refractivity contribution in [1.82, 2.24) is 10.2 Å². The maximum Gasteiger partial charge on any atom is 0.0405 e. The fraction of sp³-hybridized carbons (Fsp3) is 0.818. The Bertz CT molecular complexity index is 183. The molecule has 2 aliphatic rings. The first-order chi connectivity index (χ1) is 6.42. The van der Waals surface area contributed by atoms with E-state index < -0.39 is 0 Å². The van der Waals surface area contributed by atoms with Gasteiger partial charge in [0.2, 0.25) is 0 Å². The maximum atomic E-state index is 3.40. The van der Waals surface area contributed by atoms with Gasteiger partial charge in [0, 0.05) is 12.1 Å². The predicted molar refractivity (Wildman–Crippen MR) is 55.8 cm³/mol. The third kappa shape index (κ3) is 1.94. The van der Waals surface area contributed by atoms with E-state index in [4.69, 9.17) is 0 Å². The van der Waals surface area contributed by atoms with Gasteiger partial charge in [-0.1, -0.05) is 12.2 Å². The van der Waals surface area contributed by atoms with Crippen LogP contribution in [0.4, 0.5) is 0 Å². The van der Waals surface area contributed by atoms with E-state index in [9.17, 15) is 0 Å². The Morgan fingerprint density at radius 2 is 2.08 bits per heavy atom. The summed E-state index contributed by atoms with van der Waals surface area (Å²) in [6.07, 6.45) is 10.1. The van der Waals surface area contributed by atoms with E-state index in [2.05, 4.69) is 29.4 Å². The van der Waals surface area contributed by atoms with Crippen LogP contribution in [0.25, 0.3) is 0 Å². The Labute approximate surface area is 81.0 Å². The molecule has 74 valence electrons. The molecule has 2 heteroatoms. The summed E-state index contributed by atoms with van der Waals surface area (Å²) in [6, 6.07) is 1.35. The molecule has 0 amide bonds. The zero-order valence-electron chi connectivity index (χ0n) is 8.50. The maximum absolute atomic E-state index is 3.40. The van der Waals surface area contributed by atoms with Crippen molar-refractivity contribution >= 4 is 0 Å². The van der Waals surface area contributed by atoms with Crippen molar-refractivity contribution < 1.29 is 0 Å². The van der Waals surface area contributed by atoms with Crippen LogP contribution >= 0.6 is 0 Å².